The fourth-order valence-electron chi connectivity index (χ4n) is 1.48. The van der Waals surface area contributed by atoms with Crippen LogP contribution in [0.15, 0.2) is 23.1 Å². The van der Waals surface area contributed by atoms with Crippen LogP contribution >= 0.6 is 0 Å². The number of sulfonamides is 1. The Labute approximate surface area is 115 Å². The van der Waals surface area contributed by atoms with E-state index in [4.69, 9.17) is 0 Å². The van der Waals surface area contributed by atoms with Crippen LogP contribution in [0.1, 0.15) is 38.3 Å². The molecule has 1 aromatic rings. The molecule has 0 aromatic heterocycles. The van der Waals surface area contributed by atoms with Gasteiger partial charge in [0.05, 0.1) is 11.5 Å². The summed E-state index contributed by atoms with van der Waals surface area (Å²) in [5.41, 5.74) is 1.45. The molecule has 1 rings (SSSR count). The third-order valence-corrected chi connectivity index (χ3v) is 4.90. The number of aliphatic hydroxyl groups excluding tert-OH is 1. The average Bonchev–Trinajstić information content (AvgIpc) is 2.37. The van der Waals surface area contributed by atoms with Gasteiger partial charge in [0.2, 0.25) is 10.0 Å². The highest BCUT2D eigenvalue weighted by atomic mass is 32.2. The van der Waals surface area contributed by atoms with Crippen molar-refractivity contribution >= 4 is 10.0 Å². The van der Waals surface area contributed by atoms with Gasteiger partial charge in [-0.1, -0.05) is 26.8 Å². The molecule has 0 bridgehead atoms. The van der Waals surface area contributed by atoms with Crippen molar-refractivity contribution in [3.63, 3.8) is 0 Å². The summed E-state index contributed by atoms with van der Waals surface area (Å²) < 4.78 is 27.0. The topological polar surface area (TPSA) is 66.4 Å². The molecule has 0 heterocycles. The van der Waals surface area contributed by atoms with Crippen molar-refractivity contribution in [3.8, 4) is 0 Å². The van der Waals surface area contributed by atoms with Crippen LogP contribution in [0.3, 0.4) is 0 Å². The molecule has 0 spiro atoms. The lowest BCUT2D eigenvalue weighted by molar-refractivity contribution is 0.280. The fourth-order valence-corrected chi connectivity index (χ4v) is 2.78. The van der Waals surface area contributed by atoms with Crippen LogP contribution in [-0.2, 0) is 16.6 Å². The summed E-state index contributed by atoms with van der Waals surface area (Å²) in [6.07, 6.45) is 0.894. The van der Waals surface area contributed by atoms with E-state index in [-0.39, 0.29) is 16.9 Å². The van der Waals surface area contributed by atoms with Crippen LogP contribution in [0.2, 0.25) is 0 Å². The maximum atomic E-state index is 12.2. The van der Waals surface area contributed by atoms with E-state index >= 15 is 0 Å². The molecular formula is C14H23NO3S. The van der Waals surface area contributed by atoms with Gasteiger partial charge in [0.15, 0.2) is 0 Å². The molecule has 108 valence electrons. The Morgan fingerprint density at radius 3 is 2.47 bits per heavy atom. The molecular weight excluding hydrogens is 262 g/mol. The second-order valence-electron chi connectivity index (χ2n) is 5.59. The molecule has 0 fully saturated rings. The molecule has 5 heteroatoms. The number of benzene rings is 1. The molecule has 1 aromatic carbocycles. The van der Waals surface area contributed by atoms with Crippen molar-refractivity contribution in [2.45, 2.75) is 45.6 Å². The Morgan fingerprint density at radius 1 is 1.32 bits per heavy atom. The van der Waals surface area contributed by atoms with Crippen molar-refractivity contribution in [2.24, 2.45) is 5.41 Å². The zero-order valence-electron chi connectivity index (χ0n) is 12.0. The van der Waals surface area contributed by atoms with Gasteiger partial charge < -0.3 is 5.11 Å². The molecule has 0 saturated carbocycles. The molecule has 0 aliphatic heterocycles. The lowest BCUT2D eigenvalue weighted by Gasteiger charge is -2.22. The van der Waals surface area contributed by atoms with Crippen LogP contribution < -0.4 is 4.72 Å². The van der Waals surface area contributed by atoms with Crippen LogP contribution in [0.4, 0.5) is 0 Å². The highest BCUT2D eigenvalue weighted by Gasteiger charge is 2.21. The standard InChI is InChI=1S/C14H23NO3S/c1-5-14(3,4)10-15-19(17,18)13-7-6-11(2)12(8-13)9-16/h6-8,15-16H,5,9-10H2,1-4H3. The average molecular weight is 285 g/mol. The molecule has 0 saturated heterocycles. The smallest absolute Gasteiger partial charge is 0.240 e. The van der Waals surface area contributed by atoms with Crippen molar-refractivity contribution in [1.29, 1.82) is 0 Å². The summed E-state index contributed by atoms with van der Waals surface area (Å²) in [6.45, 7) is 8.15. The van der Waals surface area contributed by atoms with Crippen LogP contribution in [-0.4, -0.2) is 20.1 Å². The van der Waals surface area contributed by atoms with Gasteiger partial charge in [-0.2, -0.15) is 0 Å². The second-order valence-corrected chi connectivity index (χ2v) is 7.36. The Kier molecular flexibility index (Phi) is 5.12. The van der Waals surface area contributed by atoms with Gasteiger partial charge in [-0.05, 0) is 42.0 Å². The number of aryl methyl sites for hydroxylation is 1. The number of hydrogen-bond acceptors (Lipinski definition) is 3. The van der Waals surface area contributed by atoms with Gasteiger partial charge in [0.25, 0.3) is 0 Å². The van der Waals surface area contributed by atoms with Gasteiger partial charge in [0, 0.05) is 6.54 Å². The lowest BCUT2D eigenvalue weighted by Crippen LogP contribution is -2.33. The molecule has 19 heavy (non-hydrogen) atoms. The van der Waals surface area contributed by atoms with Gasteiger partial charge in [-0.25, -0.2) is 13.1 Å². The molecule has 0 amide bonds. The summed E-state index contributed by atoms with van der Waals surface area (Å²) in [5.74, 6) is 0. The Hall–Kier alpha value is -0.910. The van der Waals surface area contributed by atoms with E-state index in [2.05, 4.69) is 4.72 Å². The minimum atomic E-state index is -3.51. The number of nitrogens with one attached hydrogen (secondary N) is 1. The monoisotopic (exact) mass is 285 g/mol. The van der Waals surface area contributed by atoms with E-state index in [0.717, 1.165) is 12.0 Å². The Bertz CT molecular complexity index is 536. The predicted molar refractivity (Wildman–Crippen MR) is 76.4 cm³/mol. The van der Waals surface area contributed by atoms with Crippen LogP contribution in [0.25, 0.3) is 0 Å². The maximum Gasteiger partial charge on any atom is 0.240 e. The lowest BCUT2D eigenvalue weighted by atomic mass is 9.91. The minimum absolute atomic E-state index is 0.0718. The maximum absolute atomic E-state index is 12.2. The summed E-state index contributed by atoms with van der Waals surface area (Å²) in [6, 6.07) is 4.80. The first-order valence-electron chi connectivity index (χ1n) is 6.42. The quantitative estimate of drug-likeness (QED) is 0.842. The van der Waals surface area contributed by atoms with Crippen molar-refractivity contribution in [1.82, 2.24) is 4.72 Å². The third-order valence-electron chi connectivity index (χ3n) is 3.50. The van der Waals surface area contributed by atoms with E-state index in [1.165, 1.54) is 6.07 Å². The van der Waals surface area contributed by atoms with E-state index in [1.54, 1.807) is 12.1 Å². The molecule has 4 nitrogen and oxygen atoms in total. The van der Waals surface area contributed by atoms with Gasteiger partial charge in [-0.3, -0.25) is 0 Å². The highest BCUT2D eigenvalue weighted by molar-refractivity contribution is 7.89. The zero-order chi connectivity index (χ0) is 14.7. The predicted octanol–water partition coefficient (Wildman–Crippen LogP) is 2.20. The van der Waals surface area contributed by atoms with E-state index in [0.29, 0.717) is 12.1 Å². The summed E-state index contributed by atoms with van der Waals surface area (Å²) in [5, 5.41) is 9.19. The first-order valence-corrected chi connectivity index (χ1v) is 7.90. The Morgan fingerprint density at radius 2 is 1.95 bits per heavy atom. The molecule has 0 atom stereocenters. The molecule has 0 aliphatic rings. The van der Waals surface area contributed by atoms with Gasteiger partial charge in [-0.15, -0.1) is 0 Å². The van der Waals surface area contributed by atoms with Crippen molar-refractivity contribution in [2.75, 3.05) is 6.54 Å². The van der Waals surface area contributed by atoms with E-state index in [1.807, 2.05) is 27.7 Å². The fraction of sp³-hybridized carbons (Fsp3) is 0.571. The Balaban J connectivity index is 2.95. The molecule has 2 N–H and O–H groups in total. The minimum Gasteiger partial charge on any atom is -0.392 e. The highest BCUT2D eigenvalue weighted by Crippen LogP contribution is 2.20. The van der Waals surface area contributed by atoms with Crippen molar-refractivity contribution < 1.29 is 13.5 Å². The molecule has 0 radical (unpaired) electrons. The number of rotatable bonds is 6. The van der Waals surface area contributed by atoms with Gasteiger partial charge >= 0.3 is 0 Å². The normalized spacial score (nSPS) is 12.7. The van der Waals surface area contributed by atoms with Gasteiger partial charge in [0.1, 0.15) is 0 Å². The van der Waals surface area contributed by atoms with Crippen LogP contribution in [0, 0.1) is 12.3 Å². The summed E-state index contributed by atoms with van der Waals surface area (Å²) in [4.78, 5) is 0.203. The van der Waals surface area contributed by atoms with Crippen molar-refractivity contribution in [3.05, 3.63) is 29.3 Å². The third kappa shape index (κ3) is 4.30. The summed E-state index contributed by atoms with van der Waals surface area (Å²) in [7, 11) is -3.51. The van der Waals surface area contributed by atoms with Crippen LogP contribution in [0.5, 0.6) is 0 Å². The first kappa shape index (κ1) is 16.1. The first-order chi connectivity index (χ1) is 8.72. The number of hydrogen-bond donors (Lipinski definition) is 2. The molecule has 0 unspecified atom stereocenters. The van der Waals surface area contributed by atoms with E-state index in [9.17, 15) is 13.5 Å². The summed E-state index contributed by atoms with van der Waals surface area (Å²) >= 11 is 0. The zero-order valence-corrected chi connectivity index (χ0v) is 12.8. The van der Waals surface area contributed by atoms with E-state index < -0.39 is 10.0 Å². The molecule has 0 aliphatic carbocycles. The number of aliphatic hydroxyl groups is 1. The largest absolute Gasteiger partial charge is 0.392 e. The SMILES string of the molecule is CCC(C)(C)CNS(=O)(=O)c1ccc(C)c(CO)c1. The second kappa shape index (κ2) is 6.03.